The van der Waals surface area contributed by atoms with Crippen LogP contribution in [0.25, 0.3) is 6.08 Å². The Balaban J connectivity index is 2.30. The summed E-state index contributed by atoms with van der Waals surface area (Å²) in [6.07, 6.45) is 1.35. The van der Waals surface area contributed by atoms with E-state index in [4.69, 9.17) is 9.47 Å². The van der Waals surface area contributed by atoms with Gasteiger partial charge in [-0.25, -0.2) is 12.8 Å². The number of benzene rings is 2. The summed E-state index contributed by atoms with van der Waals surface area (Å²) in [4.78, 5) is 0. The first-order chi connectivity index (χ1) is 11.3. The maximum atomic E-state index is 13.5. The Kier molecular flexibility index (Phi) is 6.01. The fourth-order valence-electron chi connectivity index (χ4n) is 2.10. The van der Waals surface area contributed by atoms with Gasteiger partial charge in [0.1, 0.15) is 17.3 Å². The summed E-state index contributed by atoms with van der Waals surface area (Å²) in [5.74, 6) is -0.273. The maximum absolute atomic E-state index is 13.5. The molecular formula is C17H16BrFO4S. The van der Waals surface area contributed by atoms with Crippen LogP contribution in [0.3, 0.4) is 0 Å². The maximum Gasteiger partial charge on any atom is 0.175 e. The molecule has 0 heterocycles. The molecule has 0 N–H and O–H groups in total. The van der Waals surface area contributed by atoms with Crippen LogP contribution in [0.5, 0.6) is 11.5 Å². The van der Waals surface area contributed by atoms with Crippen molar-refractivity contribution in [3.8, 4) is 11.5 Å². The van der Waals surface area contributed by atoms with Crippen LogP contribution in [-0.4, -0.2) is 22.6 Å². The monoisotopic (exact) mass is 414 g/mol. The van der Waals surface area contributed by atoms with Crippen LogP contribution in [0.1, 0.15) is 11.1 Å². The summed E-state index contributed by atoms with van der Waals surface area (Å²) >= 11 is 3.30. The third-order valence-electron chi connectivity index (χ3n) is 3.23. The molecule has 0 radical (unpaired) electrons. The van der Waals surface area contributed by atoms with E-state index in [2.05, 4.69) is 15.9 Å². The number of hydrogen-bond donors (Lipinski definition) is 0. The smallest absolute Gasteiger partial charge is 0.175 e. The van der Waals surface area contributed by atoms with Gasteiger partial charge in [0.05, 0.1) is 25.5 Å². The second-order valence-electron chi connectivity index (χ2n) is 4.96. The van der Waals surface area contributed by atoms with Crippen molar-refractivity contribution in [1.82, 2.24) is 0 Å². The average Bonchev–Trinajstić information content (AvgIpc) is 2.54. The van der Waals surface area contributed by atoms with Gasteiger partial charge in [0.15, 0.2) is 9.84 Å². The highest BCUT2D eigenvalue weighted by Gasteiger charge is 2.13. The predicted molar refractivity (Wildman–Crippen MR) is 95.3 cm³/mol. The highest BCUT2D eigenvalue weighted by atomic mass is 79.9. The lowest BCUT2D eigenvalue weighted by molar-refractivity contribution is 0.387. The molecule has 0 spiro atoms. The molecule has 0 unspecified atom stereocenters. The molecule has 0 saturated heterocycles. The van der Waals surface area contributed by atoms with Crippen molar-refractivity contribution in [1.29, 1.82) is 0 Å². The molecule has 0 bridgehead atoms. The molecule has 0 aromatic heterocycles. The Morgan fingerprint density at radius 2 is 1.62 bits per heavy atom. The van der Waals surface area contributed by atoms with Gasteiger partial charge in [0.2, 0.25) is 0 Å². The van der Waals surface area contributed by atoms with E-state index in [1.807, 2.05) is 0 Å². The van der Waals surface area contributed by atoms with E-state index >= 15 is 0 Å². The SMILES string of the molecule is COc1cc(F)cc(OC)c1C=CS(=O)(=O)Cc1ccc(Br)cc1. The number of rotatable bonds is 6. The lowest BCUT2D eigenvalue weighted by Gasteiger charge is -2.10. The zero-order valence-electron chi connectivity index (χ0n) is 13.1. The molecule has 0 saturated carbocycles. The van der Waals surface area contributed by atoms with Gasteiger partial charge < -0.3 is 9.47 Å². The van der Waals surface area contributed by atoms with Crippen LogP contribution in [0, 0.1) is 5.82 Å². The molecule has 0 fully saturated rings. The standard InChI is InChI=1S/C17H16BrFO4S/c1-22-16-9-14(19)10-17(23-2)15(16)7-8-24(20,21)11-12-3-5-13(18)6-4-12/h3-10H,11H2,1-2H3. The average molecular weight is 415 g/mol. The van der Waals surface area contributed by atoms with Crippen molar-refractivity contribution in [2.75, 3.05) is 14.2 Å². The molecule has 24 heavy (non-hydrogen) atoms. The Morgan fingerprint density at radius 3 is 2.12 bits per heavy atom. The number of hydrogen-bond acceptors (Lipinski definition) is 4. The van der Waals surface area contributed by atoms with Crippen molar-refractivity contribution in [2.45, 2.75) is 5.75 Å². The summed E-state index contributed by atoms with van der Waals surface area (Å²) in [5, 5.41) is 1.08. The minimum absolute atomic E-state index is 0.136. The number of sulfone groups is 1. The number of ether oxygens (including phenoxy) is 2. The van der Waals surface area contributed by atoms with E-state index in [-0.39, 0.29) is 17.3 Å². The fraction of sp³-hybridized carbons (Fsp3) is 0.176. The number of halogens is 2. The van der Waals surface area contributed by atoms with Crippen LogP contribution < -0.4 is 9.47 Å². The third-order valence-corrected chi connectivity index (χ3v) is 5.05. The summed E-state index contributed by atoms with van der Waals surface area (Å²) in [7, 11) is -0.753. The zero-order valence-corrected chi connectivity index (χ0v) is 15.5. The highest BCUT2D eigenvalue weighted by Crippen LogP contribution is 2.31. The largest absolute Gasteiger partial charge is 0.496 e. The number of methoxy groups -OCH3 is 2. The Morgan fingerprint density at radius 1 is 1.08 bits per heavy atom. The lowest BCUT2D eigenvalue weighted by atomic mass is 10.1. The predicted octanol–water partition coefficient (Wildman–Crippen LogP) is 4.19. The van der Waals surface area contributed by atoms with Gasteiger partial charge in [-0.1, -0.05) is 28.1 Å². The third kappa shape index (κ3) is 4.82. The summed E-state index contributed by atoms with van der Waals surface area (Å²) < 4.78 is 49.1. The van der Waals surface area contributed by atoms with Crippen molar-refractivity contribution < 1.29 is 22.3 Å². The molecule has 2 aromatic carbocycles. The quantitative estimate of drug-likeness (QED) is 0.710. The summed E-state index contributed by atoms with van der Waals surface area (Å²) in [6.45, 7) is 0. The second kappa shape index (κ2) is 7.81. The molecule has 2 rings (SSSR count). The van der Waals surface area contributed by atoms with Crippen molar-refractivity contribution in [3.63, 3.8) is 0 Å². The van der Waals surface area contributed by atoms with E-state index in [0.29, 0.717) is 11.1 Å². The Hall–Kier alpha value is -1.86. The van der Waals surface area contributed by atoms with Crippen LogP contribution in [0.2, 0.25) is 0 Å². The summed E-state index contributed by atoms with van der Waals surface area (Å²) in [5.41, 5.74) is 1.03. The van der Waals surface area contributed by atoms with Crippen molar-refractivity contribution in [2.24, 2.45) is 0 Å². The first kappa shape index (κ1) is 18.5. The molecule has 4 nitrogen and oxygen atoms in total. The van der Waals surface area contributed by atoms with Crippen molar-refractivity contribution in [3.05, 3.63) is 63.2 Å². The molecule has 0 amide bonds. The van der Waals surface area contributed by atoms with E-state index in [9.17, 15) is 12.8 Å². The first-order valence-electron chi connectivity index (χ1n) is 6.91. The minimum atomic E-state index is -3.51. The first-order valence-corrected chi connectivity index (χ1v) is 9.42. The van der Waals surface area contributed by atoms with E-state index in [1.54, 1.807) is 24.3 Å². The zero-order chi connectivity index (χ0) is 17.7. The van der Waals surface area contributed by atoms with Crippen LogP contribution in [-0.2, 0) is 15.6 Å². The van der Waals surface area contributed by atoms with Gasteiger partial charge in [-0.05, 0) is 23.8 Å². The van der Waals surface area contributed by atoms with Crippen LogP contribution in [0.4, 0.5) is 4.39 Å². The highest BCUT2D eigenvalue weighted by molar-refractivity contribution is 9.10. The minimum Gasteiger partial charge on any atom is -0.496 e. The Labute approximate surface area is 149 Å². The fourth-order valence-corrected chi connectivity index (χ4v) is 3.46. The molecular weight excluding hydrogens is 399 g/mol. The molecule has 128 valence electrons. The van der Waals surface area contributed by atoms with E-state index in [0.717, 1.165) is 9.88 Å². The van der Waals surface area contributed by atoms with Gasteiger partial charge >= 0.3 is 0 Å². The van der Waals surface area contributed by atoms with E-state index < -0.39 is 15.7 Å². The van der Waals surface area contributed by atoms with Gasteiger partial charge in [-0.15, -0.1) is 0 Å². The van der Waals surface area contributed by atoms with E-state index in [1.165, 1.54) is 32.4 Å². The molecule has 0 aliphatic carbocycles. The molecule has 2 aromatic rings. The van der Waals surface area contributed by atoms with Gasteiger partial charge in [0, 0.05) is 22.0 Å². The second-order valence-corrected chi connectivity index (χ2v) is 7.76. The Bertz CT molecular complexity index is 820. The van der Waals surface area contributed by atoms with Crippen LogP contribution in [0.15, 0.2) is 46.3 Å². The van der Waals surface area contributed by atoms with Crippen LogP contribution >= 0.6 is 15.9 Å². The molecule has 0 aliphatic rings. The molecule has 0 atom stereocenters. The summed E-state index contributed by atoms with van der Waals surface area (Å²) in [6, 6.07) is 9.36. The van der Waals surface area contributed by atoms with Gasteiger partial charge in [-0.2, -0.15) is 0 Å². The van der Waals surface area contributed by atoms with Crippen molar-refractivity contribution >= 4 is 31.8 Å². The molecule has 7 heteroatoms. The normalized spacial score (nSPS) is 11.7. The topological polar surface area (TPSA) is 52.6 Å². The van der Waals surface area contributed by atoms with Gasteiger partial charge in [-0.3, -0.25) is 0 Å². The lowest BCUT2D eigenvalue weighted by Crippen LogP contribution is -2.00. The molecule has 0 aliphatic heterocycles. The van der Waals surface area contributed by atoms with Gasteiger partial charge in [0.25, 0.3) is 0 Å².